The molecule has 0 saturated carbocycles. The molecule has 6 rings (SSSR count). The molecule has 2 aromatic rings. The lowest BCUT2D eigenvalue weighted by molar-refractivity contribution is -0.125. The molecule has 3 heterocycles. The number of benzene rings is 2. The molecule has 3 saturated heterocycles. The summed E-state index contributed by atoms with van der Waals surface area (Å²) in [7, 11) is 0. The summed E-state index contributed by atoms with van der Waals surface area (Å²) in [6.07, 6.45) is 4.55. The normalized spacial score (nSPS) is 26.9. The summed E-state index contributed by atoms with van der Waals surface area (Å²) in [4.78, 5) is 22.4. The Hall–Kier alpha value is -2.93. The van der Waals surface area contributed by atoms with E-state index in [2.05, 4.69) is 32.6 Å². The number of nitrogens with zero attached hydrogens (tertiary/aromatic N) is 3. The second kappa shape index (κ2) is 8.69. The Balaban J connectivity index is 1.05. The molecule has 34 heavy (non-hydrogen) atoms. The molecule has 3 fully saturated rings. The van der Waals surface area contributed by atoms with Crippen molar-refractivity contribution in [1.82, 2.24) is 15.5 Å². The number of amidine groups is 1. The highest BCUT2D eigenvalue weighted by Crippen LogP contribution is 2.38. The zero-order chi connectivity index (χ0) is 23.1. The van der Waals surface area contributed by atoms with Crippen LogP contribution in [0.2, 0.25) is 0 Å². The maximum atomic E-state index is 13.6. The first-order valence-electron chi connectivity index (χ1n) is 12.5. The van der Waals surface area contributed by atoms with Gasteiger partial charge in [-0.25, -0.2) is 4.39 Å². The Bertz CT molecular complexity index is 1100. The monoisotopic (exact) mass is 461 g/mol. The number of anilines is 1. The Kier molecular flexibility index (Phi) is 5.52. The summed E-state index contributed by atoms with van der Waals surface area (Å²) in [5, 5.41) is 6.71. The molecule has 7 heteroatoms. The first-order chi connectivity index (χ1) is 16.6. The molecule has 2 aromatic carbocycles. The molecule has 178 valence electrons. The number of aliphatic imine (C=N–C) groups is 1. The van der Waals surface area contributed by atoms with Crippen molar-refractivity contribution < 1.29 is 9.18 Å². The predicted molar refractivity (Wildman–Crippen MR) is 132 cm³/mol. The summed E-state index contributed by atoms with van der Waals surface area (Å²) in [6.45, 7) is 4.06. The van der Waals surface area contributed by atoms with Gasteiger partial charge in [-0.2, -0.15) is 0 Å². The van der Waals surface area contributed by atoms with E-state index in [1.54, 1.807) is 12.1 Å². The number of nitrogens with one attached hydrogen (secondary N) is 2. The minimum Gasteiger partial charge on any atom is -0.370 e. The molecule has 0 aromatic heterocycles. The first kappa shape index (κ1) is 21.6. The van der Waals surface area contributed by atoms with Gasteiger partial charge in [0.15, 0.2) is 0 Å². The number of hydrogen-bond acceptors (Lipinski definition) is 4. The second-order valence-electron chi connectivity index (χ2n) is 10.1. The van der Waals surface area contributed by atoms with Crippen molar-refractivity contribution in [3.8, 4) is 0 Å². The molecule has 1 amide bonds. The molecule has 3 aliphatic heterocycles. The number of rotatable bonds is 4. The number of halogens is 1. The molecule has 1 spiro atoms. The minimum absolute atomic E-state index is 0.137. The van der Waals surface area contributed by atoms with Crippen LogP contribution in [0.15, 0.2) is 53.5 Å². The van der Waals surface area contributed by atoms with Crippen LogP contribution >= 0.6 is 0 Å². The highest BCUT2D eigenvalue weighted by atomic mass is 19.1. The quantitative estimate of drug-likeness (QED) is 0.735. The van der Waals surface area contributed by atoms with Crippen LogP contribution in [0, 0.1) is 5.82 Å². The Labute approximate surface area is 200 Å². The SMILES string of the molecule is O=C1NCN(c2ccccc2)C12CCN(CCN=C1C[C@H]3c4ccc(F)cc4CC[C@H]3N1)CC2. The van der Waals surface area contributed by atoms with E-state index in [1.807, 2.05) is 24.3 Å². The fourth-order valence-corrected chi connectivity index (χ4v) is 6.40. The Morgan fingerprint density at radius 3 is 2.76 bits per heavy atom. The maximum Gasteiger partial charge on any atom is 0.247 e. The van der Waals surface area contributed by atoms with Crippen molar-refractivity contribution in [3.63, 3.8) is 0 Å². The molecule has 4 aliphatic rings. The van der Waals surface area contributed by atoms with E-state index < -0.39 is 5.54 Å². The van der Waals surface area contributed by atoms with Gasteiger partial charge in [-0.1, -0.05) is 24.3 Å². The van der Waals surface area contributed by atoms with Gasteiger partial charge in [-0.15, -0.1) is 0 Å². The number of likely N-dealkylation sites (tertiary alicyclic amines) is 1. The van der Waals surface area contributed by atoms with Gasteiger partial charge < -0.3 is 20.4 Å². The standard InChI is InChI=1S/C27H32FN5O/c28-20-7-8-22-19(16-20)6-9-24-23(22)17-25(31-24)29-12-15-32-13-10-27(11-14-32)26(34)30-18-33(27)21-4-2-1-3-5-21/h1-5,7-8,16,23-24H,6,9-15,17-18H2,(H,29,31)(H,30,34)/t23-,24+/m0/s1. The van der Waals surface area contributed by atoms with E-state index in [0.29, 0.717) is 18.6 Å². The highest BCUT2D eigenvalue weighted by molar-refractivity contribution is 5.93. The number of hydrogen-bond donors (Lipinski definition) is 2. The number of para-hydroxylation sites is 1. The average Bonchev–Trinajstić information content (AvgIpc) is 3.42. The number of amides is 1. The minimum atomic E-state index is -0.431. The third-order valence-electron chi connectivity index (χ3n) is 8.29. The van der Waals surface area contributed by atoms with Gasteiger partial charge in [-0.3, -0.25) is 9.79 Å². The first-order valence-corrected chi connectivity index (χ1v) is 12.5. The Morgan fingerprint density at radius 2 is 1.94 bits per heavy atom. The lowest BCUT2D eigenvalue weighted by atomic mass is 9.80. The van der Waals surface area contributed by atoms with Crippen LogP contribution in [0.4, 0.5) is 10.1 Å². The molecule has 0 radical (unpaired) electrons. The third kappa shape index (κ3) is 3.76. The van der Waals surface area contributed by atoms with Crippen molar-refractivity contribution in [1.29, 1.82) is 0 Å². The van der Waals surface area contributed by atoms with Gasteiger partial charge in [0.25, 0.3) is 0 Å². The zero-order valence-corrected chi connectivity index (χ0v) is 19.5. The van der Waals surface area contributed by atoms with Crippen molar-refractivity contribution in [3.05, 3.63) is 65.5 Å². The summed E-state index contributed by atoms with van der Waals surface area (Å²) in [6, 6.07) is 15.9. The van der Waals surface area contributed by atoms with Crippen LogP contribution in [-0.4, -0.2) is 61.1 Å². The van der Waals surface area contributed by atoms with Crippen molar-refractivity contribution >= 4 is 17.4 Å². The van der Waals surface area contributed by atoms with Gasteiger partial charge in [-0.05, 0) is 61.1 Å². The number of carbonyl (C=O) groups is 1. The van der Waals surface area contributed by atoms with E-state index in [4.69, 9.17) is 4.99 Å². The molecular formula is C27H32FN5O. The van der Waals surface area contributed by atoms with Crippen LogP contribution in [0.5, 0.6) is 0 Å². The van der Waals surface area contributed by atoms with Crippen LogP contribution in [-0.2, 0) is 11.2 Å². The average molecular weight is 462 g/mol. The van der Waals surface area contributed by atoms with E-state index in [1.165, 1.54) is 5.56 Å². The number of fused-ring (bicyclic) bond motifs is 3. The van der Waals surface area contributed by atoms with Gasteiger partial charge in [0.05, 0.1) is 19.0 Å². The molecular weight excluding hydrogens is 429 g/mol. The molecule has 2 N–H and O–H groups in total. The highest BCUT2D eigenvalue weighted by Gasteiger charge is 2.50. The maximum absolute atomic E-state index is 13.6. The summed E-state index contributed by atoms with van der Waals surface area (Å²) < 4.78 is 13.6. The molecule has 1 aliphatic carbocycles. The lowest BCUT2D eigenvalue weighted by Gasteiger charge is -2.43. The second-order valence-corrected chi connectivity index (χ2v) is 10.1. The summed E-state index contributed by atoms with van der Waals surface area (Å²) in [5.74, 6) is 1.52. The largest absolute Gasteiger partial charge is 0.370 e. The topological polar surface area (TPSA) is 60.0 Å². The van der Waals surface area contributed by atoms with Crippen molar-refractivity contribution in [2.75, 3.05) is 37.7 Å². The van der Waals surface area contributed by atoms with Gasteiger partial charge in [0.2, 0.25) is 5.91 Å². The lowest BCUT2D eigenvalue weighted by Crippen LogP contribution is -2.56. The van der Waals surface area contributed by atoms with E-state index in [9.17, 15) is 9.18 Å². The van der Waals surface area contributed by atoms with Gasteiger partial charge >= 0.3 is 0 Å². The number of aryl methyl sites for hydroxylation is 1. The van der Waals surface area contributed by atoms with Crippen molar-refractivity contribution in [2.24, 2.45) is 4.99 Å². The number of carbonyl (C=O) groups excluding carboxylic acids is 1. The van der Waals surface area contributed by atoms with Crippen LogP contribution in [0.3, 0.4) is 0 Å². The molecule has 2 atom stereocenters. The molecule has 0 unspecified atom stereocenters. The predicted octanol–water partition coefficient (Wildman–Crippen LogP) is 3.04. The van der Waals surface area contributed by atoms with Crippen LogP contribution < -0.4 is 15.5 Å². The zero-order valence-electron chi connectivity index (χ0n) is 19.5. The van der Waals surface area contributed by atoms with Gasteiger partial charge in [0, 0.05) is 43.7 Å². The Morgan fingerprint density at radius 1 is 1.12 bits per heavy atom. The van der Waals surface area contributed by atoms with E-state index in [-0.39, 0.29) is 11.7 Å². The smallest absolute Gasteiger partial charge is 0.247 e. The van der Waals surface area contributed by atoms with Crippen molar-refractivity contribution in [2.45, 2.75) is 49.6 Å². The fourth-order valence-electron chi connectivity index (χ4n) is 6.40. The molecule has 6 nitrogen and oxygen atoms in total. The summed E-state index contributed by atoms with van der Waals surface area (Å²) >= 11 is 0. The molecule has 0 bridgehead atoms. The summed E-state index contributed by atoms with van der Waals surface area (Å²) in [5.41, 5.74) is 3.12. The fraction of sp³-hybridized carbons (Fsp3) is 0.481. The van der Waals surface area contributed by atoms with Gasteiger partial charge in [0.1, 0.15) is 11.4 Å². The number of piperidine rings is 1. The van der Waals surface area contributed by atoms with E-state index in [0.717, 1.165) is 75.4 Å². The van der Waals surface area contributed by atoms with Crippen LogP contribution in [0.25, 0.3) is 0 Å². The third-order valence-corrected chi connectivity index (χ3v) is 8.29. The van der Waals surface area contributed by atoms with E-state index >= 15 is 0 Å². The van der Waals surface area contributed by atoms with Crippen LogP contribution in [0.1, 0.15) is 42.7 Å².